The maximum absolute atomic E-state index is 11.5. The number of alkyl carbamates (subject to hydrolysis) is 1. The van der Waals surface area contributed by atoms with Crippen LogP contribution < -0.4 is 5.32 Å². The van der Waals surface area contributed by atoms with Gasteiger partial charge in [-0.15, -0.1) is 0 Å². The van der Waals surface area contributed by atoms with Gasteiger partial charge >= 0.3 is 12.1 Å². The van der Waals surface area contributed by atoms with E-state index < -0.39 is 18.1 Å². The summed E-state index contributed by atoms with van der Waals surface area (Å²) in [6.45, 7) is 0.143. The molecule has 0 aliphatic heterocycles. The molecule has 96 valence electrons. The molecule has 1 aromatic rings. The lowest BCUT2D eigenvalue weighted by molar-refractivity contribution is -0.139. The Morgan fingerprint density at radius 3 is 2.56 bits per heavy atom. The van der Waals surface area contributed by atoms with E-state index in [0.29, 0.717) is 0 Å². The first-order chi connectivity index (χ1) is 8.66. The average molecular weight is 249 g/mol. The maximum atomic E-state index is 11.5. The highest BCUT2D eigenvalue weighted by Gasteiger charge is 2.37. The van der Waals surface area contributed by atoms with Gasteiger partial charge in [-0.05, 0) is 24.3 Å². The molecule has 0 aromatic heterocycles. The van der Waals surface area contributed by atoms with Crippen molar-refractivity contribution in [2.75, 3.05) is 0 Å². The lowest BCUT2D eigenvalue weighted by Crippen LogP contribution is -2.42. The van der Waals surface area contributed by atoms with E-state index in [1.54, 1.807) is 0 Å². The van der Waals surface area contributed by atoms with Crippen LogP contribution in [0, 0.1) is 5.92 Å². The largest absolute Gasteiger partial charge is 0.480 e. The molecule has 2 N–H and O–H groups in total. The third-order valence-electron chi connectivity index (χ3n) is 2.85. The van der Waals surface area contributed by atoms with Crippen molar-refractivity contribution in [3.8, 4) is 0 Å². The number of ether oxygens (including phenoxy) is 1. The summed E-state index contributed by atoms with van der Waals surface area (Å²) >= 11 is 0. The molecule has 5 heteroatoms. The van der Waals surface area contributed by atoms with Crippen molar-refractivity contribution in [3.63, 3.8) is 0 Å². The molecule has 0 radical (unpaired) electrons. The quantitative estimate of drug-likeness (QED) is 0.834. The zero-order valence-corrected chi connectivity index (χ0v) is 9.83. The van der Waals surface area contributed by atoms with Crippen molar-refractivity contribution < 1.29 is 19.4 Å². The molecule has 0 heterocycles. The Hall–Kier alpha value is -2.04. The Balaban J connectivity index is 1.79. The van der Waals surface area contributed by atoms with E-state index in [1.807, 2.05) is 30.3 Å². The van der Waals surface area contributed by atoms with Crippen molar-refractivity contribution in [1.82, 2.24) is 5.32 Å². The Bertz CT molecular complexity index is 428. The molecular formula is C13H15NO4. The second-order valence-electron chi connectivity index (χ2n) is 4.36. The number of aliphatic carboxylic acids is 1. The maximum Gasteiger partial charge on any atom is 0.408 e. The fourth-order valence-corrected chi connectivity index (χ4v) is 1.70. The van der Waals surface area contributed by atoms with Gasteiger partial charge in [-0.1, -0.05) is 30.3 Å². The summed E-state index contributed by atoms with van der Waals surface area (Å²) < 4.78 is 4.97. The second kappa shape index (κ2) is 5.53. The van der Waals surface area contributed by atoms with Gasteiger partial charge in [0.05, 0.1) is 0 Å². The fraction of sp³-hybridized carbons (Fsp3) is 0.385. The third-order valence-corrected chi connectivity index (χ3v) is 2.85. The highest BCUT2D eigenvalue weighted by atomic mass is 16.5. The molecule has 0 saturated heterocycles. The van der Waals surface area contributed by atoms with E-state index >= 15 is 0 Å². The summed E-state index contributed by atoms with van der Waals surface area (Å²) in [5.41, 5.74) is 0.867. The molecule has 1 amide bonds. The summed E-state index contributed by atoms with van der Waals surface area (Å²) in [5, 5.41) is 11.3. The molecule has 0 bridgehead atoms. The monoisotopic (exact) mass is 249 g/mol. The molecule has 2 rings (SSSR count). The van der Waals surface area contributed by atoms with Crippen LogP contribution in [0.25, 0.3) is 0 Å². The van der Waals surface area contributed by atoms with Crippen molar-refractivity contribution in [2.24, 2.45) is 5.92 Å². The Labute approximate surface area is 105 Å². The lowest BCUT2D eigenvalue weighted by Gasteiger charge is -2.13. The van der Waals surface area contributed by atoms with E-state index in [1.165, 1.54) is 0 Å². The van der Waals surface area contributed by atoms with Gasteiger partial charge in [0, 0.05) is 0 Å². The number of carboxylic acid groups (broad SMARTS) is 1. The third kappa shape index (κ3) is 3.48. The number of hydrogen-bond acceptors (Lipinski definition) is 3. The fourth-order valence-electron chi connectivity index (χ4n) is 1.70. The van der Waals surface area contributed by atoms with Crippen molar-refractivity contribution in [3.05, 3.63) is 35.9 Å². The smallest absolute Gasteiger partial charge is 0.408 e. The summed E-state index contributed by atoms with van der Waals surface area (Å²) in [6.07, 6.45) is 1.00. The predicted octanol–water partition coefficient (Wildman–Crippen LogP) is 1.78. The van der Waals surface area contributed by atoms with Gasteiger partial charge in [0.15, 0.2) is 0 Å². The van der Waals surface area contributed by atoms with Crippen LogP contribution in [0.5, 0.6) is 0 Å². The molecule has 1 aliphatic carbocycles. The van der Waals surface area contributed by atoms with Crippen LogP contribution in [0.2, 0.25) is 0 Å². The summed E-state index contributed by atoms with van der Waals surface area (Å²) in [6, 6.07) is 8.41. The summed E-state index contributed by atoms with van der Waals surface area (Å²) in [4.78, 5) is 22.4. The van der Waals surface area contributed by atoms with Gasteiger partial charge in [-0.25, -0.2) is 9.59 Å². The SMILES string of the molecule is O=C(N[C@H](C(=O)O)C1CC1)OCc1ccccc1. The zero-order valence-electron chi connectivity index (χ0n) is 9.83. The molecule has 1 atom stereocenters. The number of hydrogen-bond donors (Lipinski definition) is 2. The predicted molar refractivity (Wildman–Crippen MR) is 63.9 cm³/mol. The Kier molecular flexibility index (Phi) is 3.82. The van der Waals surface area contributed by atoms with E-state index in [9.17, 15) is 9.59 Å². The molecule has 18 heavy (non-hydrogen) atoms. The van der Waals surface area contributed by atoms with E-state index in [-0.39, 0.29) is 12.5 Å². The second-order valence-corrected chi connectivity index (χ2v) is 4.36. The van der Waals surface area contributed by atoms with Gasteiger partial charge < -0.3 is 15.2 Å². The number of benzene rings is 1. The van der Waals surface area contributed by atoms with Gasteiger partial charge in [0.25, 0.3) is 0 Å². The van der Waals surface area contributed by atoms with Gasteiger partial charge in [0.2, 0.25) is 0 Å². The number of carboxylic acids is 1. The van der Waals surface area contributed by atoms with Crippen LogP contribution >= 0.6 is 0 Å². The number of carbonyl (C=O) groups excluding carboxylic acids is 1. The molecule has 1 aromatic carbocycles. The minimum atomic E-state index is -1.01. The first-order valence-electron chi connectivity index (χ1n) is 5.87. The van der Waals surface area contributed by atoms with Gasteiger partial charge in [-0.2, -0.15) is 0 Å². The normalized spacial score (nSPS) is 15.8. The summed E-state index contributed by atoms with van der Waals surface area (Å²) in [7, 11) is 0. The lowest BCUT2D eigenvalue weighted by atomic mass is 10.2. The summed E-state index contributed by atoms with van der Waals surface area (Å²) in [5.74, 6) is -0.957. The molecule has 0 spiro atoms. The van der Waals surface area contributed by atoms with Crippen LogP contribution in [0.1, 0.15) is 18.4 Å². The molecule has 1 aliphatic rings. The van der Waals surface area contributed by atoms with Crippen molar-refractivity contribution in [1.29, 1.82) is 0 Å². The molecular weight excluding hydrogens is 234 g/mol. The van der Waals surface area contributed by atoms with E-state index in [4.69, 9.17) is 9.84 Å². The van der Waals surface area contributed by atoms with E-state index in [0.717, 1.165) is 18.4 Å². The van der Waals surface area contributed by atoms with Crippen LogP contribution in [0.15, 0.2) is 30.3 Å². The number of nitrogens with one attached hydrogen (secondary N) is 1. The first kappa shape index (κ1) is 12.4. The topological polar surface area (TPSA) is 75.6 Å². The van der Waals surface area contributed by atoms with Crippen LogP contribution in [-0.4, -0.2) is 23.2 Å². The van der Waals surface area contributed by atoms with Gasteiger partial charge in [0.1, 0.15) is 12.6 Å². The standard InChI is InChI=1S/C13H15NO4/c15-12(16)11(10-6-7-10)14-13(17)18-8-9-4-2-1-3-5-9/h1-5,10-11H,6-8H2,(H,14,17)(H,15,16)/t11-/m0/s1. The average Bonchev–Trinajstić information content (AvgIpc) is 3.18. The van der Waals surface area contributed by atoms with Gasteiger partial charge in [-0.3, -0.25) is 0 Å². The van der Waals surface area contributed by atoms with Crippen molar-refractivity contribution in [2.45, 2.75) is 25.5 Å². The molecule has 5 nitrogen and oxygen atoms in total. The Morgan fingerprint density at radius 2 is 2.00 bits per heavy atom. The molecule has 0 unspecified atom stereocenters. The number of rotatable bonds is 5. The van der Waals surface area contributed by atoms with Crippen LogP contribution in [0.3, 0.4) is 0 Å². The zero-order chi connectivity index (χ0) is 13.0. The minimum Gasteiger partial charge on any atom is -0.480 e. The highest BCUT2D eigenvalue weighted by molar-refractivity contribution is 5.80. The number of amides is 1. The van der Waals surface area contributed by atoms with Crippen LogP contribution in [0.4, 0.5) is 4.79 Å². The Morgan fingerprint density at radius 1 is 1.33 bits per heavy atom. The minimum absolute atomic E-state index is 0.0479. The number of carbonyl (C=O) groups is 2. The van der Waals surface area contributed by atoms with Crippen LogP contribution in [-0.2, 0) is 16.1 Å². The molecule has 1 fully saturated rings. The first-order valence-corrected chi connectivity index (χ1v) is 5.87. The van der Waals surface area contributed by atoms with E-state index in [2.05, 4.69) is 5.32 Å². The highest BCUT2D eigenvalue weighted by Crippen LogP contribution is 2.32. The molecule has 1 saturated carbocycles. The van der Waals surface area contributed by atoms with Crippen molar-refractivity contribution >= 4 is 12.1 Å².